The van der Waals surface area contributed by atoms with Crippen LogP contribution in [0.2, 0.25) is 0 Å². The second kappa shape index (κ2) is 3.63. The summed E-state index contributed by atoms with van der Waals surface area (Å²) in [5.74, 6) is 0. The van der Waals surface area contributed by atoms with Crippen LogP contribution in [-0.2, 0) is 0 Å². The highest BCUT2D eigenvalue weighted by atomic mass is 16.6. The molecule has 0 N–H and O–H groups in total. The number of benzene rings is 2. The molecule has 0 radical (unpaired) electrons. The summed E-state index contributed by atoms with van der Waals surface area (Å²) in [6.07, 6.45) is 0.859. The number of para-hydroxylation sites is 1. The summed E-state index contributed by atoms with van der Waals surface area (Å²) in [5, 5.41) is 2.13. The summed E-state index contributed by atoms with van der Waals surface area (Å²) in [6.45, 7) is 0. The molecule has 3 aromatic rings. The van der Waals surface area contributed by atoms with E-state index in [1.807, 2.05) is 36.4 Å². The quantitative estimate of drug-likeness (QED) is 0.628. The minimum absolute atomic E-state index is 0.677. The molecule has 0 saturated carbocycles. The van der Waals surface area contributed by atoms with Gasteiger partial charge in [-0.2, -0.15) is 4.73 Å². The van der Waals surface area contributed by atoms with Crippen molar-refractivity contribution < 1.29 is 9.63 Å². The van der Waals surface area contributed by atoms with Gasteiger partial charge >= 0.3 is 0 Å². The van der Waals surface area contributed by atoms with Crippen LogP contribution in [0.1, 0.15) is 10.4 Å². The van der Waals surface area contributed by atoms with Crippen LogP contribution in [-0.4, -0.2) is 18.1 Å². The number of carbonyl (C=O) groups excluding carboxylic acids is 1. The average Bonchev–Trinajstić information content (AvgIpc) is 2.71. The molecule has 0 aliphatic heterocycles. The van der Waals surface area contributed by atoms with Crippen molar-refractivity contribution in [3.8, 4) is 0 Å². The molecule has 3 heteroatoms. The lowest BCUT2D eigenvalue weighted by Crippen LogP contribution is -2.04. The molecule has 0 unspecified atom stereocenters. The molecule has 3 nitrogen and oxygen atoms in total. The Morgan fingerprint density at radius 2 is 1.82 bits per heavy atom. The van der Waals surface area contributed by atoms with E-state index >= 15 is 0 Å². The third-order valence-corrected chi connectivity index (χ3v) is 2.97. The summed E-state index contributed by atoms with van der Waals surface area (Å²) in [5.41, 5.74) is 2.66. The molecule has 3 rings (SSSR count). The van der Waals surface area contributed by atoms with Gasteiger partial charge in [0.05, 0.1) is 11.0 Å². The van der Waals surface area contributed by atoms with Gasteiger partial charge in [-0.25, -0.2) is 0 Å². The van der Waals surface area contributed by atoms with Crippen molar-refractivity contribution >= 4 is 28.1 Å². The monoisotopic (exact) mass is 225 g/mol. The Kier molecular flexibility index (Phi) is 2.11. The Bertz CT molecular complexity index is 713. The van der Waals surface area contributed by atoms with Crippen molar-refractivity contribution in [3.05, 3.63) is 48.0 Å². The number of aldehydes is 1. The van der Waals surface area contributed by atoms with Gasteiger partial charge in [-0.15, -0.1) is 0 Å². The van der Waals surface area contributed by atoms with Crippen LogP contribution in [0.3, 0.4) is 0 Å². The van der Waals surface area contributed by atoms with Crippen molar-refractivity contribution in [1.82, 2.24) is 4.73 Å². The van der Waals surface area contributed by atoms with Crippen molar-refractivity contribution in [2.24, 2.45) is 0 Å². The second-order valence-corrected chi connectivity index (χ2v) is 3.89. The standard InChI is InChI=1S/C14H11NO2/c1-17-15-13-5-3-2-4-11(13)12-8-10(9-16)6-7-14(12)15/h2-9H,1H3. The largest absolute Gasteiger partial charge is 0.417 e. The van der Waals surface area contributed by atoms with Gasteiger partial charge in [0, 0.05) is 16.3 Å². The molecule has 0 atom stereocenters. The zero-order valence-corrected chi connectivity index (χ0v) is 9.38. The van der Waals surface area contributed by atoms with E-state index in [9.17, 15) is 4.79 Å². The maximum Gasteiger partial charge on any atom is 0.150 e. The van der Waals surface area contributed by atoms with Crippen LogP contribution in [0.15, 0.2) is 42.5 Å². The molecule has 0 bridgehead atoms. The van der Waals surface area contributed by atoms with Gasteiger partial charge in [0.25, 0.3) is 0 Å². The number of nitrogens with zero attached hydrogens (tertiary/aromatic N) is 1. The van der Waals surface area contributed by atoms with Crippen LogP contribution >= 0.6 is 0 Å². The third-order valence-electron chi connectivity index (χ3n) is 2.97. The SMILES string of the molecule is COn1c2ccccc2c2cc(C=O)ccc21. The van der Waals surface area contributed by atoms with E-state index in [1.54, 1.807) is 17.9 Å². The first-order chi connectivity index (χ1) is 8.35. The lowest BCUT2D eigenvalue weighted by Gasteiger charge is -2.03. The number of aromatic nitrogens is 1. The summed E-state index contributed by atoms with van der Waals surface area (Å²) in [4.78, 5) is 16.2. The van der Waals surface area contributed by atoms with Gasteiger partial charge in [0.15, 0.2) is 0 Å². The zero-order valence-electron chi connectivity index (χ0n) is 9.38. The van der Waals surface area contributed by atoms with Gasteiger partial charge in [-0.05, 0) is 24.3 Å². The number of rotatable bonds is 2. The van der Waals surface area contributed by atoms with Crippen LogP contribution in [0, 0.1) is 0 Å². The van der Waals surface area contributed by atoms with Crippen molar-refractivity contribution in [2.45, 2.75) is 0 Å². The van der Waals surface area contributed by atoms with E-state index in [0.29, 0.717) is 5.56 Å². The van der Waals surface area contributed by atoms with Crippen LogP contribution in [0.25, 0.3) is 21.8 Å². The van der Waals surface area contributed by atoms with Crippen LogP contribution in [0.4, 0.5) is 0 Å². The maximum atomic E-state index is 10.8. The molecule has 1 aromatic heterocycles. The van der Waals surface area contributed by atoms with Gasteiger partial charge in [-0.1, -0.05) is 18.2 Å². The van der Waals surface area contributed by atoms with E-state index in [4.69, 9.17) is 4.84 Å². The Morgan fingerprint density at radius 3 is 2.59 bits per heavy atom. The first-order valence-corrected chi connectivity index (χ1v) is 5.38. The number of fused-ring (bicyclic) bond motifs is 3. The van der Waals surface area contributed by atoms with E-state index in [1.165, 1.54) is 0 Å². The first-order valence-electron chi connectivity index (χ1n) is 5.38. The highest BCUT2D eigenvalue weighted by molar-refractivity contribution is 6.09. The fourth-order valence-corrected chi connectivity index (χ4v) is 2.22. The molecular weight excluding hydrogens is 214 g/mol. The topological polar surface area (TPSA) is 31.2 Å². The Hall–Kier alpha value is -2.29. The molecule has 0 aliphatic rings. The number of hydrogen-bond donors (Lipinski definition) is 0. The van der Waals surface area contributed by atoms with Gasteiger partial charge in [0.2, 0.25) is 0 Å². The fourth-order valence-electron chi connectivity index (χ4n) is 2.22. The highest BCUT2D eigenvalue weighted by Crippen LogP contribution is 2.28. The molecule has 2 aromatic carbocycles. The van der Waals surface area contributed by atoms with E-state index in [0.717, 1.165) is 28.1 Å². The lowest BCUT2D eigenvalue weighted by molar-refractivity contribution is 0.112. The summed E-state index contributed by atoms with van der Waals surface area (Å²) < 4.78 is 1.78. The predicted octanol–water partition coefficient (Wildman–Crippen LogP) is 2.67. The second-order valence-electron chi connectivity index (χ2n) is 3.89. The van der Waals surface area contributed by atoms with Crippen LogP contribution < -0.4 is 4.84 Å². The first kappa shape index (κ1) is 9.90. The molecule has 0 saturated heterocycles. The zero-order chi connectivity index (χ0) is 11.8. The van der Waals surface area contributed by atoms with Gasteiger partial charge in [-0.3, -0.25) is 4.79 Å². The lowest BCUT2D eigenvalue weighted by atomic mass is 10.1. The molecular formula is C14H11NO2. The molecule has 17 heavy (non-hydrogen) atoms. The summed E-state index contributed by atoms with van der Waals surface area (Å²) in [7, 11) is 1.64. The fraction of sp³-hybridized carbons (Fsp3) is 0.0714. The third kappa shape index (κ3) is 1.32. The van der Waals surface area contributed by atoms with Crippen LogP contribution in [0.5, 0.6) is 0 Å². The summed E-state index contributed by atoms with van der Waals surface area (Å²) in [6, 6.07) is 13.6. The maximum absolute atomic E-state index is 10.8. The molecule has 84 valence electrons. The molecule has 0 aliphatic carbocycles. The predicted molar refractivity (Wildman–Crippen MR) is 67.3 cm³/mol. The van der Waals surface area contributed by atoms with Crippen molar-refractivity contribution in [3.63, 3.8) is 0 Å². The van der Waals surface area contributed by atoms with Gasteiger partial charge in [0.1, 0.15) is 13.4 Å². The smallest absolute Gasteiger partial charge is 0.150 e. The summed E-state index contributed by atoms with van der Waals surface area (Å²) >= 11 is 0. The molecule has 0 fully saturated rings. The minimum Gasteiger partial charge on any atom is -0.417 e. The van der Waals surface area contributed by atoms with E-state index in [2.05, 4.69) is 0 Å². The Balaban J connectivity index is 2.53. The minimum atomic E-state index is 0.677. The normalized spacial score (nSPS) is 10.9. The molecule has 1 heterocycles. The number of hydrogen-bond acceptors (Lipinski definition) is 2. The number of carbonyl (C=O) groups is 1. The average molecular weight is 225 g/mol. The highest BCUT2D eigenvalue weighted by Gasteiger charge is 2.10. The van der Waals surface area contributed by atoms with E-state index < -0.39 is 0 Å². The van der Waals surface area contributed by atoms with Crippen molar-refractivity contribution in [2.75, 3.05) is 7.11 Å². The van der Waals surface area contributed by atoms with E-state index in [-0.39, 0.29) is 0 Å². The Labute approximate surface area is 98.2 Å². The Morgan fingerprint density at radius 1 is 1.06 bits per heavy atom. The van der Waals surface area contributed by atoms with Gasteiger partial charge < -0.3 is 4.84 Å². The molecule has 0 spiro atoms. The molecule has 0 amide bonds. The van der Waals surface area contributed by atoms with Crippen molar-refractivity contribution in [1.29, 1.82) is 0 Å².